The van der Waals surface area contributed by atoms with Gasteiger partial charge < -0.3 is 35.4 Å². The molecular formula is H6AlO12P3. The van der Waals surface area contributed by atoms with Crippen LogP contribution in [-0.2, 0) is 22.3 Å². The molecule has 0 aliphatic rings. The van der Waals surface area contributed by atoms with E-state index in [2.05, 4.69) is 8.62 Å². The quantitative estimate of drug-likeness (QED) is 0.370. The van der Waals surface area contributed by atoms with Gasteiger partial charge in [-0.15, -0.1) is 0 Å². The molecule has 0 spiro atoms. The van der Waals surface area contributed by atoms with Gasteiger partial charge in [-0.25, -0.2) is 8.62 Å². The van der Waals surface area contributed by atoms with Crippen LogP contribution in [0.5, 0.6) is 0 Å². The van der Waals surface area contributed by atoms with Gasteiger partial charge in [0.1, 0.15) is 0 Å². The molecular weight excluding hydrogens is 312 g/mol. The van der Waals surface area contributed by atoms with Crippen molar-refractivity contribution in [2.75, 3.05) is 0 Å². The summed E-state index contributed by atoms with van der Waals surface area (Å²) < 4.78 is 35.3. The van der Waals surface area contributed by atoms with Crippen molar-refractivity contribution in [2.45, 2.75) is 0 Å². The van der Waals surface area contributed by atoms with Gasteiger partial charge in [-0.2, -0.15) is 0 Å². The molecule has 6 N–H and O–H groups in total. The molecule has 0 saturated carbocycles. The first-order valence-electron chi connectivity index (χ1n) is 2.23. The molecule has 0 aliphatic heterocycles. The van der Waals surface area contributed by atoms with Crippen LogP contribution in [0.3, 0.4) is 0 Å². The summed E-state index contributed by atoms with van der Waals surface area (Å²) in [6, 6.07) is 0. The Bertz CT molecular complexity index is 278. The van der Waals surface area contributed by atoms with Gasteiger partial charge in [0.05, 0.1) is 0 Å². The van der Waals surface area contributed by atoms with E-state index in [1.165, 1.54) is 0 Å². The Balaban J connectivity index is -0.000000240. The Morgan fingerprint density at radius 2 is 1.00 bits per heavy atom. The van der Waals surface area contributed by atoms with Crippen molar-refractivity contribution in [2.24, 2.45) is 0 Å². The smallest absolute Gasteiger partial charge is 0.756 e. The monoisotopic (exact) mass is 318 g/mol. The molecule has 0 amide bonds. The predicted molar refractivity (Wildman–Crippen MR) is 42.4 cm³/mol. The summed E-state index contributed by atoms with van der Waals surface area (Å²) in [6.07, 6.45) is 0. The zero-order valence-electron chi connectivity index (χ0n) is 7.08. The van der Waals surface area contributed by atoms with Crippen LogP contribution < -0.4 is 14.7 Å². The van der Waals surface area contributed by atoms with Crippen molar-refractivity contribution in [3.05, 3.63) is 0 Å². The van der Waals surface area contributed by atoms with E-state index in [0.29, 0.717) is 0 Å². The maximum absolute atomic E-state index is 10.2. The van der Waals surface area contributed by atoms with Gasteiger partial charge in [0, 0.05) is 0 Å². The Morgan fingerprint density at radius 1 is 0.812 bits per heavy atom. The van der Waals surface area contributed by atoms with Gasteiger partial charge in [-0.05, 0) is 0 Å². The minimum absolute atomic E-state index is 0. The second-order valence-electron chi connectivity index (χ2n) is 1.55. The first-order valence-corrected chi connectivity index (χ1v) is 6.68. The Hall–Kier alpha value is 0.862. The third-order valence-electron chi connectivity index (χ3n) is 0.406. The van der Waals surface area contributed by atoms with E-state index in [0.717, 1.165) is 0 Å². The van der Waals surface area contributed by atoms with Crippen LogP contribution in [-0.4, -0.2) is 38.1 Å². The molecule has 0 bridgehead atoms. The molecule has 0 aromatic rings. The van der Waals surface area contributed by atoms with Crippen molar-refractivity contribution in [3.8, 4) is 0 Å². The zero-order valence-corrected chi connectivity index (χ0v) is 10.9. The van der Waals surface area contributed by atoms with Crippen LogP contribution in [0, 0.1) is 0 Å². The molecule has 0 heterocycles. The van der Waals surface area contributed by atoms with Crippen LogP contribution in [0.25, 0.3) is 0 Å². The summed E-state index contributed by atoms with van der Waals surface area (Å²) in [6.45, 7) is 0. The SMILES string of the molecule is O.O.O=P([O-])(O)OP(=O)([O-])OP(=O)([O-])O.[Al+3]. The summed E-state index contributed by atoms with van der Waals surface area (Å²) in [7, 11) is -17.2. The van der Waals surface area contributed by atoms with E-state index < -0.39 is 23.5 Å². The standard InChI is InChI=1S/Al.H5O10P3.2H2O/c;1-11(2,3)9-13(7,8)10-12(4,5)6;;/h;(H,7,8)(H2,1,2,3)(H2,4,5,6);2*1H2/q+3;;;/p-3. The van der Waals surface area contributed by atoms with Crippen LogP contribution in [0.1, 0.15) is 0 Å². The summed E-state index contributed by atoms with van der Waals surface area (Å²) >= 11 is 0. The predicted octanol–water partition coefficient (Wildman–Crippen LogP) is -4.62. The van der Waals surface area contributed by atoms with Crippen molar-refractivity contribution < 1.29 is 57.7 Å². The van der Waals surface area contributed by atoms with E-state index in [9.17, 15) is 28.4 Å². The summed E-state index contributed by atoms with van der Waals surface area (Å²) in [5.41, 5.74) is 0. The van der Waals surface area contributed by atoms with E-state index >= 15 is 0 Å². The van der Waals surface area contributed by atoms with E-state index in [4.69, 9.17) is 9.79 Å². The van der Waals surface area contributed by atoms with Gasteiger partial charge in [-0.3, -0.25) is 13.7 Å². The van der Waals surface area contributed by atoms with Crippen molar-refractivity contribution in [1.82, 2.24) is 0 Å². The maximum atomic E-state index is 10.2. The van der Waals surface area contributed by atoms with Gasteiger partial charge in [0.2, 0.25) is 0 Å². The fourth-order valence-corrected chi connectivity index (χ4v) is 2.68. The molecule has 96 valence electrons. The molecule has 2 unspecified atom stereocenters. The van der Waals surface area contributed by atoms with Crippen molar-refractivity contribution in [3.63, 3.8) is 0 Å². The Kier molecular flexibility index (Phi) is 12.9. The van der Waals surface area contributed by atoms with Crippen LogP contribution >= 0.6 is 23.5 Å². The minimum atomic E-state index is -5.84. The zero-order chi connectivity index (χ0) is 10.9. The molecule has 16 heavy (non-hydrogen) atoms. The van der Waals surface area contributed by atoms with Crippen LogP contribution in [0.15, 0.2) is 0 Å². The molecule has 12 nitrogen and oxygen atoms in total. The van der Waals surface area contributed by atoms with Crippen LogP contribution in [0.2, 0.25) is 0 Å². The molecule has 2 atom stereocenters. The molecule has 0 radical (unpaired) electrons. The number of rotatable bonds is 4. The summed E-state index contributed by atoms with van der Waals surface area (Å²) in [5.74, 6) is 0. The third kappa shape index (κ3) is 17.3. The number of phosphoric acid groups is 3. The largest absolute Gasteiger partial charge is 3.00 e. The minimum Gasteiger partial charge on any atom is -0.756 e. The molecule has 16 heteroatoms. The van der Waals surface area contributed by atoms with Gasteiger partial charge in [0.25, 0.3) is 23.5 Å². The van der Waals surface area contributed by atoms with Crippen LogP contribution in [0.4, 0.5) is 0 Å². The van der Waals surface area contributed by atoms with Gasteiger partial charge in [-0.1, -0.05) is 0 Å². The second-order valence-corrected chi connectivity index (χ2v) is 5.62. The Morgan fingerprint density at radius 3 is 1.12 bits per heavy atom. The van der Waals surface area contributed by atoms with E-state index in [-0.39, 0.29) is 28.3 Å². The number of hydrogen-bond donors (Lipinski definition) is 2. The molecule has 0 aliphatic carbocycles. The second kappa shape index (κ2) is 8.05. The molecule has 0 rings (SSSR count). The molecule has 0 aromatic heterocycles. The molecule has 0 aromatic carbocycles. The van der Waals surface area contributed by atoms with Gasteiger partial charge in [0.15, 0.2) is 0 Å². The van der Waals surface area contributed by atoms with E-state index in [1.807, 2.05) is 0 Å². The first kappa shape index (κ1) is 25.6. The number of hydrogen-bond acceptors (Lipinski definition) is 8. The topological polar surface area (TPSA) is 242 Å². The summed E-state index contributed by atoms with van der Waals surface area (Å²) in [4.78, 5) is 45.3. The van der Waals surface area contributed by atoms with Gasteiger partial charge >= 0.3 is 17.4 Å². The molecule has 0 saturated heterocycles. The average Bonchev–Trinajstić information content (AvgIpc) is 1.43. The fourth-order valence-electron chi connectivity index (χ4n) is 0.268. The van der Waals surface area contributed by atoms with E-state index in [1.54, 1.807) is 0 Å². The maximum Gasteiger partial charge on any atom is 3.00 e. The fraction of sp³-hybridized carbons (Fsp3) is 0. The average molecular weight is 318 g/mol. The van der Waals surface area contributed by atoms with Crippen molar-refractivity contribution in [1.29, 1.82) is 0 Å². The van der Waals surface area contributed by atoms with Crippen molar-refractivity contribution >= 4 is 40.8 Å². The summed E-state index contributed by atoms with van der Waals surface area (Å²) in [5, 5.41) is 0. The Labute approximate surface area is 99.1 Å². The third-order valence-corrected chi connectivity index (χ3v) is 3.66. The normalized spacial score (nSPS) is 20.8. The first-order chi connectivity index (χ1) is 5.41. The molecule has 0 fully saturated rings.